The summed E-state index contributed by atoms with van der Waals surface area (Å²) in [6, 6.07) is 8.99. The summed E-state index contributed by atoms with van der Waals surface area (Å²) >= 11 is 0. The molecule has 3 fully saturated rings. The van der Waals surface area contributed by atoms with Crippen LogP contribution < -0.4 is 10.6 Å². The molecule has 0 bridgehead atoms. The van der Waals surface area contributed by atoms with Crippen LogP contribution in [0.4, 0.5) is 5.82 Å². The smallest absolute Gasteiger partial charge is 0.151 e. The number of pyridine rings is 1. The maximum absolute atomic E-state index is 6.36. The van der Waals surface area contributed by atoms with Gasteiger partial charge >= 0.3 is 0 Å². The Morgan fingerprint density at radius 3 is 2.76 bits per heavy atom. The van der Waals surface area contributed by atoms with Crippen LogP contribution in [0.15, 0.2) is 36.7 Å². The zero-order valence-electron chi connectivity index (χ0n) is 17.4. The van der Waals surface area contributed by atoms with Crippen LogP contribution in [0.1, 0.15) is 39.5 Å². The SMILES string of the molecule is CC1(C)C[C@@H](C2C3CC(N)CC3CN2c2ccc(-c3cccnc3)nn2)CCO1. The molecule has 29 heavy (non-hydrogen) atoms. The lowest BCUT2D eigenvalue weighted by Gasteiger charge is -2.42. The van der Waals surface area contributed by atoms with Gasteiger partial charge in [-0.3, -0.25) is 4.98 Å². The summed E-state index contributed by atoms with van der Waals surface area (Å²) in [6.07, 6.45) is 8.07. The number of nitrogens with two attached hydrogens (primary N) is 1. The summed E-state index contributed by atoms with van der Waals surface area (Å²) in [7, 11) is 0. The van der Waals surface area contributed by atoms with E-state index in [2.05, 4.69) is 46.1 Å². The van der Waals surface area contributed by atoms with E-state index in [1.54, 1.807) is 6.20 Å². The van der Waals surface area contributed by atoms with E-state index in [4.69, 9.17) is 10.5 Å². The Balaban J connectivity index is 1.43. The minimum atomic E-state index is -0.0523. The van der Waals surface area contributed by atoms with E-state index < -0.39 is 0 Å². The zero-order valence-corrected chi connectivity index (χ0v) is 17.4. The van der Waals surface area contributed by atoms with Crippen LogP contribution in [0.5, 0.6) is 0 Å². The fourth-order valence-corrected chi connectivity index (χ4v) is 6.00. The maximum Gasteiger partial charge on any atom is 0.151 e. The number of hydrogen-bond donors (Lipinski definition) is 1. The zero-order chi connectivity index (χ0) is 20.0. The summed E-state index contributed by atoms with van der Waals surface area (Å²) in [5, 5.41) is 9.18. The molecular weight excluding hydrogens is 362 g/mol. The van der Waals surface area contributed by atoms with Crippen molar-refractivity contribution >= 4 is 5.82 Å². The van der Waals surface area contributed by atoms with Crippen LogP contribution in [-0.4, -0.2) is 46.0 Å². The molecule has 0 aromatic carbocycles. The van der Waals surface area contributed by atoms with Crippen LogP contribution >= 0.6 is 0 Å². The number of rotatable bonds is 3. The van der Waals surface area contributed by atoms with Gasteiger partial charge in [0.1, 0.15) is 0 Å². The van der Waals surface area contributed by atoms with Crippen molar-refractivity contribution < 1.29 is 4.74 Å². The molecule has 0 spiro atoms. The minimum Gasteiger partial charge on any atom is -0.376 e. The predicted octanol–water partition coefficient (Wildman–Crippen LogP) is 3.29. The van der Waals surface area contributed by atoms with Crippen LogP contribution in [0.3, 0.4) is 0 Å². The molecule has 5 atom stereocenters. The summed E-state index contributed by atoms with van der Waals surface area (Å²) in [6.45, 7) is 6.33. The Morgan fingerprint density at radius 1 is 1.14 bits per heavy atom. The third-order valence-electron chi connectivity index (χ3n) is 7.14. The standard InChI is InChI=1S/C23H31N5O/c1-23(2)12-15(7-9-29-23)22-19-11-18(24)10-17(19)14-28(22)21-6-5-20(26-27-21)16-4-3-8-25-13-16/h3-6,8,13,15,17-19,22H,7,9-12,14,24H2,1-2H3/t15-,17?,18?,19?,22?/m0/s1. The predicted molar refractivity (Wildman–Crippen MR) is 113 cm³/mol. The number of fused-ring (bicyclic) bond motifs is 1. The fourth-order valence-electron chi connectivity index (χ4n) is 6.00. The van der Waals surface area contributed by atoms with Crippen molar-refractivity contribution in [2.75, 3.05) is 18.1 Å². The second-order valence-electron chi connectivity index (χ2n) is 9.68. The molecule has 3 aliphatic rings. The van der Waals surface area contributed by atoms with E-state index >= 15 is 0 Å². The molecule has 6 nitrogen and oxygen atoms in total. The summed E-state index contributed by atoms with van der Waals surface area (Å²) in [5.41, 5.74) is 8.18. The highest BCUT2D eigenvalue weighted by Gasteiger charge is 2.51. The van der Waals surface area contributed by atoms with Gasteiger partial charge < -0.3 is 15.4 Å². The largest absolute Gasteiger partial charge is 0.376 e. The van der Waals surface area contributed by atoms with Crippen molar-refractivity contribution in [1.82, 2.24) is 15.2 Å². The van der Waals surface area contributed by atoms with Crippen molar-refractivity contribution in [2.45, 2.75) is 57.2 Å². The Morgan fingerprint density at radius 2 is 2.03 bits per heavy atom. The van der Waals surface area contributed by atoms with Gasteiger partial charge in [0.25, 0.3) is 0 Å². The number of nitrogens with zero attached hydrogens (tertiary/aromatic N) is 4. The van der Waals surface area contributed by atoms with E-state index in [1.165, 1.54) is 0 Å². The van der Waals surface area contributed by atoms with Crippen LogP contribution in [0.25, 0.3) is 11.3 Å². The molecule has 2 N–H and O–H groups in total. The van der Waals surface area contributed by atoms with E-state index in [0.29, 0.717) is 29.8 Å². The third kappa shape index (κ3) is 3.64. The molecular formula is C23H31N5O. The molecule has 2 aromatic rings. The van der Waals surface area contributed by atoms with Gasteiger partial charge in [-0.15, -0.1) is 10.2 Å². The summed E-state index contributed by atoms with van der Waals surface area (Å²) in [5.74, 6) is 2.93. The van der Waals surface area contributed by atoms with Crippen LogP contribution in [0, 0.1) is 17.8 Å². The molecule has 1 aliphatic carbocycles. The summed E-state index contributed by atoms with van der Waals surface area (Å²) < 4.78 is 6.02. The first kappa shape index (κ1) is 18.9. The van der Waals surface area contributed by atoms with Crippen molar-refractivity contribution in [3.8, 4) is 11.3 Å². The van der Waals surface area contributed by atoms with E-state index in [-0.39, 0.29) is 5.60 Å². The lowest BCUT2D eigenvalue weighted by molar-refractivity contribution is -0.0784. The topological polar surface area (TPSA) is 77.2 Å². The maximum atomic E-state index is 6.36. The molecule has 0 amide bonds. The average molecular weight is 394 g/mol. The molecule has 2 aliphatic heterocycles. The number of ether oxygens (including phenoxy) is 1. The highest BCUT2D eigenvalue weighted by molar-refractivity contribution is 5.58. The quantitative estimate of drug-likeness (QED) is 0.862. The molecule has 2 aromatic heterocycles. The molecule has 1 saturated carbocycles. The monoisotopic (exact) mass is 393 g/mol. The van der Waals surface area contributed by atoms with Crippen molar-refractivity contribution in [3.05, 3.63) is 36.7 Å². The Bertz CT molecular complexity index is 840. The highest BCUT2D eigenvalue weighted by atomic mass is 16.5. The first-order valence-corrected chi connectivity index (χ1v) is 10.9. The van der Waals surface area contributed by atoms with Crippen LogP contribution in [0.2, 0.25) is 0 Å². The second-order valence-corrected chi connectivity index (χ2v) is 9.68. The Kier molecular flexibility index (Phi) is 4.79. The first-order chi connectivity index (χ1) is 14.0. The number of hydrogen-bond acceptors (Lipinski definition) is 6. The van der Waals surface area contributed by atoms with Gasteiger partial charge in [0.05, 0.1) is 11.3 Å². The number of anilines is 1. The van der Waals surface area contributed by atoms with E-state index in [0.717, 1.165) is 55.9 Å². The van der Waals surface area contributed by atoms with Gasteiger partial charge in [-0.2, -0.15) is 0 Å². The normalized spacial score (nSPS) is 33.6. The number of aromatic nitrogens is 3. The minimum absolute atomic E-state index is 0.0523. The molecule has 2 saturated heterocycles. The molecule has 6 heteroatoms. The van der Waals surface area contributed by atoms with Gasteiger partial charge in [-0.25, -0.2) is 0 Å². The van der Waals surface area contributed by atoms with E-state index in [9.17, 15) is 0 Å². The van der Waals surface area contributed by atoms with Crippen LogP contribution in [-0.2, 0) is 4.74 Å². The van der Waals surface area contributed by atoms with Crippen molar-refractivity contribution in [2.24, 2.45) is 23.5 Å². The average Bonchev–Trinajstić information content (AvgIpc) is 3.24. The Hall–Kier alpha value is -2.05. The van der Waals surface area contributed by atoms with Gasteiger partial charge in [0.2, 0.25) is 0 Å². The second kappa shape index (κ2) is 7.33. The molecule has 5 rings (SSSR count). The summed E-state index contributed by atoms with van der Waals surface area (Å²) in [4.78, 5) is 6.73. The molecule has 4 unspecified atom stereocenters. The van der Waals surface area contributed by atoms with Crippen molar-refractivity contribution in [1.29, 1.82) is 0 Å². The van der Waals surface area contributed by atoms with Gasteiger partial charge in [0, 0.05) is 43.2 Å². The third-order valence-corrected chi connectivity index (χ3v) is 7.14. The highest BCUT2D eigenvalue weighted by Crippen LogP contribution is 2.48. The Labute approximate surface area is 172 Å². The first-order valence-electron chi connectivity index (χ1n) is 10.9. The van der Waals surface area contributed by atoms with Gasteiger partial charge in [-0.05, 0) is 81.5 Å². The molecule has 4 heterocycles. The lowest BCUT2D eigenvalue weighted by Crippen LogP contribution is -2.46. The fraction of sp³-hybridized carbons (Fsp3) is 0.609. The van der Waals surface area contributed by atoms with Crippen molar-refractivity contribution in [3.63, 3.8) is 0 Å². The van der Waals surface area contributed by atoms with Gasteiger partial charge in [0.15, 0.2) is 5.82 Å². The lowest BCUT2D eigenvalue weighted by atomic mass is 9.77. The van der Waals surface area contributed by atoms with E-state index in [1.807, 2.05) is 18.3 Å². The molecule has 0 radical (unpaired) electrons. The van der Waals surface area contributed by atoms with Gasteiger partial charge in [-0.1, -0.05) is 0 Å². The molecule has 154 valence electrons.